The van der Waals surface area contributed by atoms with Crippen LogP contribution in [0.5, 0.6) is 0 Å². The van der Waals surface area contributed by atoms with E-state index in [0.29, 0.717) is 31.9 Å². The number of benzene rings is 2. The largest absolute Gasteiger partial charge is 0.378 e. The molecule has 1 fully saturated rings. The summed E-state index contributed by atoms with van der Waals surface area (Å²) in [5.74, 6) is 0.698. The molecule has 2 aromatic carbocycles. The van der Waals surface area contributed by atoms with Crippen molar-refractivity contribution >= 4 is 27.7 Å². The minimum Gasteiger partial charge on any atom is -0.378 e. The summed E-state index contributed by atoms with van der Waals surface area (Å²) in [6.07, 6.45) is 0. The molecular formula is C26H31BrN4O3. The van der Waals surface area contributed by atoms with E-state index in [9.17, 15) is 4.79 Å². The Hall–Kier alpha value is -2.68. The summed E-state index contributed by atoms with van der Waals surface area (Å²) in [6, 6.07) is 15.8. The number of hydrogen-bond acceptors (Lipinski definition) is 6. The first-order valence-electron chi connectivity index (χ1n) is 11.5. The van der Waals surface area contributed by atoms with Gasteiger partial charge in [0.05, 0.1) is 25.3 Å². The van der Waals surface area contributed by atoms with Crippen LogP contribution in [0.1, 0.15) is 21.5 Å². The summed E-state index contributed by atoms with van der Waals surface area (Å²) in [6.45, 7) is 6.53. The molecule has 8 heteroatoms. The van der Waals surface area contributed by atoms with Gasteiger partial charge in [0.2, 0.25) is 5.88 Å². The van der Waals surface area contributed by atoms with Crippen molar-refractivity contribution in [2.45, 2.75) is 13.5 Å². The number of aromatic nitrogens is 1. The van der Waals surface area contributed by atoms with Gasteiger partial charge in [0.25, 0.3) is 5.91 Å². The highest BCUT2D eigenvalue weighted by atomic mass is 79.9. The summed E-state index contributed by atoms with van der Waals surface area (Å²) >= 11 is 3.49. The molecule has 0 aliphatic carbocycles. The molecule has 4 rings (SSSR count). The van der Waals surface area contributed by atoms with Gasteiger partial charge < -0.3 is 24.0 Å². The molecule has 0 saturated carbocycles. The van der Waals surface area contributed by atoms with Crippen molar-refractivity contribution in [3.8, 4) is 11.3 Å². The van der Waals surface area contributed by atoms with Crippen molar-refractivity contribution in [3.63, 3.8) is 0 Å². The molecule has 2 heterocycles. The van der Waals surface area contributed by atoms with Gasteiger partial charge in [0.15, 0.2) is 0 Å². The quantitative estimate of drug-likeness (QED) is 0.432. The number of ether oxygens (including phenoxy) is 1. The monoisotopic (exact) mass is 526 g/mol. The van der Waals surface area contributed by atoms with Crippen LogP contribution >= 0.6 is 15.9 Å². The van der Waals surface area contributed by atoms with Crippen molar-refractivity contribution in [2.75, 3.05) is 58.4 Å². The Bertz CT molecular complexity index is 1120. The zero-order valence-corrected chi connectivity index (χ0v) is 21.5. The Morgan fingerprint density at radius 3 is 2.56 bits per heavy atom. The van der Waals surface area contributed by atoms with Crippen LogP contribution in [0.3, 0.4) is 0 Å². The zero-order valence-electron chi connectivity index (χ0n) is 20.0. The fourth-order valence-corrected chi connectivity index (χ4v) is 4.44. The van der Waals surface area contributed by atoms with Gasteiger partial charge in [-0.1, -0.05) is 50.9 Å². The third-order valence-electron chi connectivity index (χ3n) is 5.88. The molecule has 0 radical (unpaired) electrons. The Morgan fingerprint density at radius 2 is 1.85 bits per heavy atom. The van der Waals surface area contributed by atoms with E-state index in [-0.39, 0.29) is 5.91 Å². The summed E-state index contributed by atoms with van der Waals surface area (Å²) in [5.41, 5.74) is 4.49. The van der Waals surface area contributed by atoms with E-state index in [4.69, 9.17) is 9.26 Å². The molecule has 0 N–H and O–H groups in total. The van der Waals surface area contributed by atoms with Gasteiger partial charge in [-0.15, -0.1) is 0 Å². The van der Waals surface area contributed by atoms with E-state index in [2.05, 4.69) is 49.9 Å². The van der Waals surface area contributed by atoms with E-state index in [1.807, 2.05) is 55.4 Å². The van der Waals surface area contributed by atoms with Crippen LogP contribution in [0.15, 0.2) is 57.5 Å². The van der Waals surface area contributed by atoms with Crippen molar-refractivity contribution in [1.29, 1.82) is 0 Å². The third-order valence-corrected chi connectivity index (χ3v) is 6.38. The number of carbonyl (C=O) groups is 1. The second-order valence-corrected chi connectivity index (χ2v) is 9.74. The maximum atomic E-state index is 13.6. The normalized spacial score (nSPS) is 14.0. The molecule has 0 unspecified atom stereocenters. The SMILES string of the molecule is Cc1cccc(-c2noc(N3CCOCC3)c2CN(CCN(C)C)C(=O)c2cccc(Br)c2)c1. The molecule has 1 aliphatic rings. The highest BCUT2D eigenvalue weighted by Crippen LogP contribution is 2.33. The lowest BCUT2D eigenvalue weighted by Gasteiger charge is -2.29. The minimum absolute atomic E-state index is 0.0209. The standard InChI is InChI=1S/C26H31BrN4O3/c1-19-6-4-7-20(16-19)24-23(26(34-28-24)30-12-14-33-15-13-30)18-31(11-10-29(2)3)25(32)21-8-5-9-22(27)17-21/h4-9,16-17H,10-15,18H2,1-3H3. The number of rotatable bonds is 8. The second kappa shape index (κ2) is 11.2. The topological polar surface area (TPSA) is 62.1 Å². The van der Waals surface area contributed by atoms with Crippen LogP contribution < -0.4 is 4.90 Å². The van der Waals surface area contributed by atoms with Gasteiger partial charge >= 0.3 is 0 Å². The maximum Gasteiger partial charge on any atom is 0.254 e. The molecule has 1 aliphatic heterocycles. The van der Waals surface area contributed by atoms with E-state index in [1.165, 1.54) is 0 Å². The average Bonchev–Trinajstić information content (AvgIpc) is 3.25. The number of likely N-dealkylation sites (N-methyl/N-ethyl adjacent to an activating group) is 1. The lowest BCUT2D eigenvalue weighted by Crippen LogP contribution is -2.38. The van der Waals surface area contributed by atoms with Crippen molar-refractivity contribution in [3.05, 3.63) is 69.7 Å². The fourth-order valence-electron chi connectivity index (χ4n) is 4.05. The Morgan fingerprint density at radius 1 is 1.09 bits per heavy atom. The molecule has 1 aromatic heterocycles. The minimum atomic E-state index is -0.0209. The first-order valence-corrected chi connectivity index (χ1v) is 12.3. The fraction of sp³-hybridized carbons (Fsp3) is 0.385. The van der Waals surface area contributed by atoms with E-state index in [1.54, 1.807) is 0 Å². The number of amides is 1. The number of nitrogens with zero attached hydrogens (tertiary/aromatic N) is 4. The smallest absolute Gasteiger partial charge is 0.254 e. The average molecular weight is 527 g/mol. The Balaban J connectivity index is 1.73. The van der Waals surface area contributed by atoms with E-state index in [0.717, 1.165) is 52.4 Å². The number of anilines is 1. The molecule has 34 heavy (non-hydrogen) atoms. The third kappa shape index (κ3) is 5.87. The molecule has 0 spiro atoms. The predicted molar refractivity (Wildman–Crippen MR) is 137 cm³/mol. The van der Waals surface area contributed by atoms with Crippen LogP contribution in [-0.2, 0) is 11.3 Å². The van der Waals surface area contributed by atoms with Crippen LogP contribution in [-0.4, -0.2) is 74.4 Å². The van der Waals surface area contributed by atoms with Gasteiger partial charge in [-0.3, -0.25) is 4.79 Å². The van der Waals surface area contributed by atoms with E-state index >= 15 is 0 Å². The molecule has 180 valence electrons. The molecule has 7 nitrogen and oxygen atoms in total. The Labute approximate surface area is 209 Å². The van der Waals surface area contributed by atoms with E-state index < -0.39 is 0 Å². The van der Waals surface area contributed by atoms with Gasteiger partial charge in [-0.05, 0) is 45.3 Å². The van der Waals surface area contributed by atoms with Crippen LogP contribution in [0.4, 0.5) is 5.88 Å². The summed E-state index contributed by atoms with van der Waals surface area (Å²) in [5, 5.41) is 4.48. The van der Waals surface area contributed by atoms with Crippen molar-refractivity contribution in [1.82, 2.24) is 15.0 Å². The first kappa shape index (κ1) is 24.4. The highest BCUT2D eigenvalue weighted by Gasteiger charge is 2.27. The van der Waals surface area contributed by atoms with Gasteiger partial charge in [0, 0.05) is 41.8 Å². The number of aryl methyl sites for hydroxylation is 1. The summed E-state index contributed by atoms with van der Waals surface area (Å²) in [4.78, 5) is 19.8. The molecular weight excluding hydrogens is 496 g/mol. The predicted octanol–water partition coefficient (Wildman–Crippen LogP) is 4.45. The van der Waals surface area contributed by atoms with Crippen molar-refractivity contribution < 1.29 is 14.1 Å². The highest BCUT2D eigenvalue weighted by molar-refractivity contribution is 9.10. The lowest BCUT2D eigenvalue weighted by atomic mass is 10.0. The number of morpholine rings is 1. The van der Waals surface area contributed by atoms with Gasteiger partial charge in [-0.2, -0.15) is 0 Å². The first-order chi connectivity index (χ1) is 16.4. The number of carbonyl (C=O) groups excluding carboxylic acids is 1. The van der Waals surface area contributed by atoms with Gasteiger partial charge in [-0.25, -0.2) is 0 Å². The lowest BCUT2D eigenvalue weighted by molar-refractivity contribution is 0.0731. The van der Waals surface area contributed by atoms with Crippen LogP contribution in [0.2, 0.25) is 0 Å². The summed E-state index contributed by atoms with van der Waals surface area (Å²) < 4.78 is 12.3. The van der Waals surface area contributed by atoms with Gasteiger partial charge in [0.1, 0.15) is 5.69 Å². The molecule has 1 amide bonds. The maximum absolute atomic E-state index is 13.6. The molecule has 3 aromatic rings. The second-order valence-electron chi connectivity index (χ2n) is 8.82. The summed E-state index contributed by atoms with van der Waals surface area (Å²) in [7, 11) is 4.02. The van der Waals surface area contributed by atoms with Crippen LogP contribution in [0, 0.1) is 6.92 Å². The van der Waals surface area contributed by atoms with Crippen molar-refractivity contribution in [2.24, 2.45) is 0 Å². The Kier molecular flexibility index (Phi) is 8.03. The molecule has 0 atom stereocenters. The van der Waals surface area contributed by atoms with Crippen LogP contribution in [0.25, 0.3) is 11.3 Å². The number of halogens is 1. The zero-order chi connectivity index (χ0) is 24.1. The molecule has 1 saturated heterocycles. The molecule has 0 bridgehead atoms. The number of hydrogen-bond donors (Lipinski definition) is 0.